The van der Waals surface area contributed by atoms with E-state index in [1.54, 1.807) is 35.3 Å². The molecule has 0 aliphatic heterocycles. The van der Waals surface area contributed by atoms with Gasteiger partial charge in [0.05, 0.1) is 12.4 Å². The molecule has 2 rings (SSSR count). The van der Waals surface area contributed by atoms with Gasteiger partial charge < -0.3 is 15.0 Å². The van der Waals surface area contributed by atoms with Crippen LogP contribution in [0.2, 0.25) is 0 Å². The van der Waals surface area contributed by atoms with Gasteiger partial charge in [0.25, 0.3) is 0 Å². The van der Waals surface area contributed by atoms with Gasteiger partial charge in [-0.2, -0.15) is 4.98 Å². The number of pyridine rings is 1. The van der Waals surface area contributed by atoms with E-state index in [1.807, 2.05) is 7.05 Å². The molecular weight excluding hydrogens is 180 g/mol. The van der Waals surface area contributed by atoms with Crippen molar-refractivity contribution >= 4 is 5.82 Å². The molecule has 5 nitrogen and oxygen atoms in total. The monoisotopic (exact) mass is 190 g/mol. The molecule has 0 aliphatic carbocycles. The van der Waals surface area contributed by atoms with Crippen LogP contribution in [0.25, 0.3) is 0 Å². The van der Waals surface area contributed by atoms with Gasteiger partial charge in [-0.25, -0.2) is 0 Å². The molecule has 14 heavy (non-hydrogen) atoms. The van der Waals surface area contributed by atoms with E-state index in [9.17, 15) is 0 Å². The topological polar surface area (TPSA) is 66.0 Å². The molecule has 0 spiro atoms. The molecule has 0 radical (unpaired) electrons. The van der Waals surface area contributed by atoms with Crippen LogP contribution in [0.15, 0.2) is 30.7 Å². The fourth-order valence-electron chi connectivity index (χ4n) is 1.08. The van der Waals surface area contributed by atoms with E-state index in [1.165, 1.54) is 0 Å². The molecule has 0 bridgehead atoms. The molecule has 0 amide bonds. The molecule has 2 aromatic heterocycles. The first-order valence-electron chi connectivity index (χ1n) is 4.12. The highest BCUT2D eigenvalue weighted by Gasteiger charge is 2.04. The van der Waals surface area contributed by atoms with E-state index in [0.29, 0.717) is 17.6 Å². The van der Waals surface area contributed by atoms with Crippen molar-refractivity contribution in [1.82, 2.24) is 14.5 Å². The van der Waals surface area contributed by atoms with Crippen LogP contribution in [0.5, 0.6) is 11.8 Å². The summed E-state index contributed by atoms with van der Waals surface area (Å²) in [5.74, 6) is 1.08. The average molecular weight is 190 g/mol. The lowest BCUT2D eigenvalue weighted by molar-refractivity contribution is 0.423. The fourth-order valence-corrected chi connectivity index (χ4v) is 1.08. The maximum atomic E-state index is 5.51. The predicted molar refractivity (Wildman–Crippen MR) is 51.9 cm³/mol. The summed E-state index contributed by atoms with van der Waals surface area (Å²) in [6, 6.07) is 4.05. The summed E-state index contributed by atoms with van der Waals surface area (Å²) in [6.45, 7) is 0. The number of ether oxygens (including phenoxy) is 1. The number of nitrogens with two attached hydrogens (primary N) is 1. The average Bonchev–Trinajstić information content (AvgIpc) is 2.47. The first-order chi connectivity index (χ1) is 6.75. The molecule has 2 heterocycles. The minimum Gasteiger partial charge on any atom is -0.424 e. The van der Waals surface area contributed by atoms with Crippen molar-refractivity contribution in [3.05, 3.63) is 30.7 Å². The van der Waals surface area contributed by atoms with Gasteiger partial charge in [-0.05, 0) is 12.1 Å². The van der Waals surface area contributed by atoms with Gasteiger partial charge in [0.1, 0.15) is 11.6 Å². The van der Waals surface area contributed by atoms with Crippen LogP contribution < -0.4 is 10.5 Å². The van der Waals surface area contributed by atoms with E-state index >= 15 is 0 Å². The summed E-state index contributed by atoms with van der Waals surface area (Å²) in [7, 11) is 1.81. The van der Waals surface area contributed by atoms with Crippen molar-refractivity contribution in [2.45, 2.75) is 0 Å². The van der Waals surface area contributed by atoms with Crippen LogP contribution in [0, 0.1) is 0 Å². The second-order valence-electron chi connectivity index (χ2n) is 2.85. The summed E-state index contributed by atoms with van der Waals surface area (Å²) in [6.07, 6.45) is 4.98. The minimum absolute atomic E-state index is 0.436. The summed E-state index contributed by atoms with van der Waals surface area (Å²) in [5, 5.41) is 0. The molecule has 0 saturated heterocycles. The lowest BCUT2D eigenvalue weighted by Crippen LogP contribution is -1.93. The lowest BCUT2D eigenvalue weighted by atomic mass is 10.5. The largest absolute Gasteiger partial charge is 0.424 e. The van der Waals surface area contributed by atoms with E-state index < -0.39 is 0 Å². The van der Waals surface area contributed by atoms with Gasteiger partial charge in [-0.1, -0.05) is 0 Å². The second kappa shape index (κ2) is 3.37. The van der Waals surface area contributed by atoms with Gasteiger partial charge in [0.2, 0.25) is 0 Å². The van der Waals surface area contributed by atoms with Gasteiger partial charge >= 0.3 is 6.01 Å². The number of anilines is 1. The van der Waals surface area contributed by atoms with Crippen molar-refractivity contribution in [2.24, 2.45) is 7.05 Å². The van der Waals surface area contributed by atoms with Crippen LogP contribution in [0.4, 0.5) is 5.82 Å². The Bertz CT molecular complexity index is 424. The van der Waals surface area contributed by atoms with Crippen LogP contribution in [0.1, 0.15) is 0 Å². The summed E-state index contributed by atoms with van der Waals surface area (Å²) in [5.41, 5.74) is 5.51. The van der Waals surface area contributed by atoms with E-state index in [2.05, 4.69) is 9.97 Å². The molecule has 0 atom stereocenters. The molecular formula is C9H10N4O. The molecule has 0 saturated carbocycles. The maximum absolute atomic E-state index is 5.51. The molecule has 5 heteroatoms. The zero-order valence-electron chi connectivity index (χ0n) is 7.71. The normalized spacial score (nSPS) is 10.1. The first kappa shape index (κ1) is 8.55. The van der Waals surface area contributed by atoms with Gasteiger partial charge in [-0.3, -0.25) is 4.98 Å². The van der Waals surface area contributed by atoms with Crippen molar-refractivity contribution in [2.75, 3.05) is 5.73 Å². The molecule has 0 unspecified atom stereocenters. The summed E-state index contributed by atoms with van der Waals surface area (Å²) < 4.78 is 7.15. The lowest BCUT2D eigenvalue weighted by Gasteiger charge is -2.02. The predicted octanol–water partition coefficient (Wildman–Crippen LogP) is 1.19. The third kappa shape index (κ3) is 1.66. The van der Waals surface area contributed by atoms with Crippen molar-refractivity contribution in [3.63, 3.8) is 0 Å². The molecule has 2 aromatic rings. The Hall–Kier alpha value is -2.04. The zero-order valence-corrected chi connectivity index (χ0v) is 7.71. The highest BCUT2D eigenvalue weighted by molar-refractivity contribution is 5.30. The number of aryl methyl sites for hydroxylation is 1. The third-order valence-electron chi connectivity index (χ3n) is 1.70. The number of nitrogen functional groups attached to an aromatic ring is 1. The Morgan fingerprint density at radius 2 is 2.36 bits per heavy atom. The smallest absolute Gasteiger partial charge is 0.303 e. The number of hydrogen-bond acceptors (Lipinski definition) is 4. The summed E-state index contributed by atoms with van der Waals surface area (Å²) in [4.78, 5) is 7.92. The summed E-state index contributed by atoms with van der Waals surface area (Å²) >= 11 is 0. The van der Waals surface area contributed by atoms with E-state index in [0.717, 1.165) is 0 Å². The second-order valence-corrected chi connectivity index (χ2v) is 2.85. The Morgan fingerprint density at radius 3 is 2.93 bits per heavy atom. The van der Waals surface area contributed by atoms with E-state index in [-0.39, 0.29) is 0 Å². The Kier molecular flexibility index (Phi) is 2.06. The Labute approximate surface area is 81.2 Å². The van der Waals surface area contributed by atoms with Crippen LogP contribution >= 0.6 is 0 Å². The molecule has 0 aromatic carbocycles. The molecule has 0 fully saturated rings. The highest BCUT2D eigenvalue weighted by Crippen LogP contribution is 2.19. The first-order valence-corrected chi connectivity index (χ1v) is 4.12. The SMILES string of the molecule is Cn1cc(N)nc1Oc1cccnc1. The third-order valence-corrected chi connectivity index (χ3v) is 1.70. The van der Waals surface area contributed by atoms with Gasteiger partial charge in [-0.15, -0.1) is 0 Å². The van der Waals surface area contributed by atoms with Crippen molar-refractivity contribution < 1.29 is 4.74 Å². The maximum Gasteiger partial charge on any atom is 0.303 e. The zero-order chi connectivity index (χ0) is 9.97. The van der Waals surface area contributed by atoms with Crippen molar-refractivity contribution in [3.8, 4) is 11.8 Å². The number of rotatable bonds is 2. The molecule has 2 N–H and O–H groups in total. The van der Waals surface area contributed by atoms with Crippen LogP contribution in [-0.2, 0) is 7.05 Å². The number of hydrogen-bond donors (Lipinski definition) is 1. The Balaban J connectivity index is 2.23. The molecule has 0 aliphatic rings. The van der Waals surface area contributed by atoms with Crippen LogP contribution in [0.3, 0.4) is 0 Å². The number of imidazole rings is 1. The van der Waals surface area contributed by atoms with Gasteiger partial charge in [0, 0.05) is 13.2 Å². The Morgan fingerprint density at radius 1 is 1.50 bits per heavy atom. The quantitative estimate of drug-likeness (QED) is 0.772. The fraction of sp³-hybridized carbons (Fsp3) is 0.111. The molecule has 72 valence electrons. The van der Waals surface area contributed by atoms with E-state index in [4.69, 9.17) is 10.5 Å². The van der Waals surface area contributed by atoms with Crippen LogP contribution in [-0.4, -0.2) is 14.5 Å². The van der Waals surface area contributed by atoms with Crippen molar-refractivity contribution in [1.29, 1.82) is 0 Å². The minimum atomic E-state index is 0.436. The standard InChI is InChI=1S/C9H10N4O/c1-13-6-8(10)12-9(13)14-7-3-2-4-11-5-7/h2-6H,10H2,1H3. The number of nitrogens with zero attached hydrogens (tertiary/aromatic N) is 3. The highest BCUT2D eigenvalue weighted by atomic mass is 16.5. The number of aromatic nitrogens is 3. The van der Waals surface area contributed by atoms with Gasteiger partial charge in [0.15, 0.2) is 0 Å².